The summed E-state index contributed by atoms with van der Waals surface area (Å²) in [4.78, 5) is 0. The van der Waals surface area contributed by atoms with Crippen molar-refractivity contribution in [3.8, 4) is 6.07 Å². The first kappa shape index (κ1) is 21.0. The SMILES string of the molecule is CCC[CH2][Sn]([CH2]CCC)([CH2]CCC)[O]/N=C(\C#N)c1ccccc1. The number of benzene rings is 1. The summed E-state index contributed by atoms with van der Waals surface area (Å²) < 4.78 is 9.99. The predicted molar refractivity (Wildman–Crippen MR) is 105 cm³/mol. The molecule has 0 heterocycles. The second-order valence-corrected chi connectivity index (χ2v) is 18.1. The molecule has 0 aliphatic heterocycles. The molecule has 0 atom stereocenters. The summed E-state index contributed by atoms with van der Waals surface area (Å²) in [6, 6.07) is 11.9. The van der Waals surface area contributed by atoms with Crippen LogP contribution in [0, 0.1) is 11.3 Å². The molecule has 3 nitrogen and oxygen atoms in total. The van der Waals surface area contributed by atoms with Gasteiger partial charge in [0.15, 0.2) is 0 Å². The Bertz CT molecular complexity index is 500. The standard InChI is InChI=1S/C8H6N2O.3C4H9.Sn/c9-6-8(10-11)7-4-2-1-3-5-7;3*1-3-4-2;/h1-5,11H;3*1,3-4H2,2H3;/q;;;;+1/p-1/b10-8+;;;;. The van der Waals surface area contributed by atoms with Crippen molar-refractivity contribution in [3.05, 3.63) is 35.9 Å². The van der Waals surface area contributed by atoms with E-state index in [1.807, 2.05) is 30.3 Å². The van der Waals surface area contributed by atoms with Gasteiger partial charge in [-0.1, -0.05) is 0 Å². The fourth-order valence-corrected chi connectivity index (χ4v) is 15.2. The van der Waals surface area contributed by atoms with Gasteiger partial charge in [0, 0.05) is 0 Å². The number of hydrogen-bond acceptors (Lipinski definition) is 3. The second-order valence-electron chi connectivity index (χ2n) is 6.50. The zero-order valence-electron chi connectivity index (χ0n) is 15.6. The molecule has 0 unspecified atom stereocenters. The van der Waals surface area contributed by atoms with Gasteiger partial charge in [0.25, 0.3) is 0 Å². The first-order valence-electron chi connectivity index (χ1n) is 9.43. The first-order chi connectivity index (χ1) is 11.7. The van der Waals surface area contributed by atoms with Gasteiger partial charge in [-0.3, -0.25) is 0 Å². The summed E-state index contributed by atoms with van der Waals surface area (Å²) in [5, 5.41) is 13.9. The van der Waals surface area contributed by atoms with Crippen LogP contribution in [-0.4, -0.2) is 24.5 Å². The molecule has 0 spiro atoms. The average Bonchev–Trinajstić information content (AvgIpc) is 2.64. The van der Waals surface area contributed by atoms with Crippen LogP contribution < -0.4 is 0 Å². The number of unbranched alkanes of at least 4 members (excludes halogenated alkanes) is 3. The van der Waals surface area contributed by atoms with Gasteiger partial charge in [-0.15, -0.1) is 0 Å². The third-order valence-electron chi connectivity index (χ3n) is 4.44. The van der Waals surface area contributed by atoms with E-state index < -0.39 is 18.8 Å². The van der Waals surface area contributed by atoms with Gasteiger partial charge in [-0.25, -0.2) is 0 Å². The molecule has 4 heteroatoms. The Morgan fingerprint density at radius 3 is 1.88 bits per heavy atom. The van der Waals surface area contributed by atoms with Crippen molar-refractivity contribution in [2.45, 2.75) is 72.6 Å². The van der Waals surface area contributed by atoms with Crippen LogP contribution in [0.4, 0.5) is 0 Å². The Kier molecular flexibility index (Phi) is 10.8. The summed E-state index contributed by atoms with van der Waals surface area (Å²) in [5.74, 6) is 0. The summed E-state index contributed by atoms with van der Waals surface area (Å²) in [7, 11) is 0. The molecule has 0 aromatic heterocycles. The van der Waals surface area contributed by atoms with Crippen LogP contribution >= 0.6 is 0 Å². The molecule has 1 rings (SSSR count). The summed E-state index contributed by atoms with van der Waals surface area (Å²) in [6.45, 7) is 6.72. The maximum atomic E-state index is 9.47. The van der Waals surface area contributed by atoms with Crippen molar-refractivity contribution in [2.75, 3.05) is 0 Å². The zero-order valence-corrected chi connectivity index (χ0v) is 18.4. The van der Waals surface area contributed by atoms with Crippen molar-refractivity contribution in [2.24, 2.45) is 5.16 Å². The van der Waals surface area contributed by atoms with E-state index in [1.54, 1.807) is 0 Å². The zero-order chi connectivity index (χ0) is 17.7. The van der Waals surface area contributed by atoms with Gasteiger partial charge < -0.3 is 0 Å². The van der Waals surface area contributed by atoms with Crippen molar-refractivity contribution in [3.63, 3.8) is 0 Å². The fraction of sp³-hybridized carbons (Fsp3) is 0.600. The molecule has 0 saturated heterocycles. The minimum absolute atomic E-state index is 0.418. The molecule has 1 aromatic carbocycles. The molecule has 0 amide bonds. The Hall–Kier alpha value is -1.02. The van der Waals surface area contributed by atoms with Crippen molar-refractivity contribution in [1.29, 1.82) is 5.26 Å². The van der Waals surface area contributed by atoms with E-state index in [1.165, 1.54) is 51.8 Å². The monoisotopic (exact) mass is 436 g/mol. The van der Waals surface area contributed by atoms with E-state index in [0.717, 1.165) is 5.56 Å². The molecule has 1 aromatic rings. The maximum absolute atomic E-state index is 9.47. The van der Waals surface area contributed by atoms with E-state index in [2.05, 4.69) is 32.0 Å². The Labute approximate surface area is 152 Å². The van der Waals surface area contributed by atoms with Crippen LogP contribution in [0.5, 0.6) is 0 Å². The molecule has 0 N–H and O–H groups in total. The number of nitriles is 1. The third-order valence-corrected chi connectivity index (χ3v) is 16.6. The van der Waals surface area contributed by atoms with E-state index >= 15 is 0 Å². The van der Waals surface area contributed by atoms with Gasteiger partial charge in [0.2, 0.25) is 0 Å². The third kappa shape index (κ3) is 7.25. The topological polar surface area (TPSA) is 45.4 Å². The molecule has 132 valence electrons. The van der Waals surface area contributed by atoms with E-state index in [4.69, 9.17) is 3.17 Å². The molecule has 0 bridgehead atoms. The van der Waals surface area contributed by atoms with Crippen molar-refractivity contribution in [1.82, 2.24) is 0 Å². The molecular formula is C20H32N2OSn. The summed E-state index contributed by atoms with van der Waals surface area (Å²) in [5.41, 5.74) is 1.27. The van der Waals surface area contributed by atoms with Crippen LogP contribution in [-0.2, 0) is 3.17 Å². The van der Waals surface area contributed by atoms with Crippen molar-refractivity contribution < 1.29 is 3.17 Å². The van der Waals surface area contributed by atoms with Gasteiger partial charge >= 0.3 is 153 Å². The predicted octanol–water partition coefficient (Wildman–Crippen LogP) is 6.28. The Morgan fingerprint density at radius 2 is 1.46 bits per heavy atom. The molecule has 0 radical (unpaired) electrons. The van der Waals surface area contributed by atoms with E-state index in [-0.39, 0.29) is 0 Å². The van der Waals surface area contributed by atoms with Gasteiger partial charge in [-0.2, -0.15) is 0 Å². The van der Waals surface area contributed by atoms with Crippen LogP contribution in [0.25, 0.3) is 0 Å². The fourth-order valence-electron chi connectivity index (χ4n) is 2.88. The normalized spacial score (nSPS) is 12.0. The van der Waals surface area contributed by atoms with Gasteiger partial charge in [-0.05, 0) is 0 Å². The number of rotatable bonds is 12. The average molecular weight is 435 g/mol. The number of oxime groups is 1. The number of hydrogen-bond donors (Lipinski definition) is 0. The molecular weight excluding hydrogens is 403 g/mol. The van der Waals surface area contributed by atoms with Gasteiger partial charge in [0.05, 0.1) is 0 Å². The van der Waals surface area contributed by atoms with E-state index in [9.17, 15) is 5.26 Å². The second kappa shape index (κ2) is 12.4. The molecule has 0 fully saturated rings. The van der Waals surface area contributed by atoms with Crippen LogP contribution in [0.2, 0.25) is 13.3 Å². The summed E-state index contributed by atoms with van der Waals surface area (Å²) >= 11 is -2.77. The van der Waals surface area contributed by atoms with E-state index in [0.29, 0.717) is 5.71 Å². The molecule has 0 saturated carbocycles. The molecule has 0 aliphatic carbocycles. The Morgan fingerprint density at radius 1 is 0.958 bits per heavy atom. The summed E-state index contributed by atoms with van der Waals surface area (Å²) in [6.07, 6.45) is 7.29. The molecule has 24 heavy (non-hydrogen) atoms. The minimum atomic E-state index is -2.77. The van der Waals surface area contributed by atoms with Crippen LogP contribution in [0.15, 0.2) is 35.5 Å². The quantitative estimate of drug-likeness (QED) is 0.221. The van der Waals surface area contributed by atoms with Crippen LogP contribution in [0.3, 0.4) is 0 Å². The molecule has 0 aliphatic rings. The Balaban J connectivity index is 2.98. The van der Waals surface area contributed by atoms with Crippen LogP contribution in [0.1, 0.15) is 64.9 Å². The van der Waals surface area contributed by atoms with Crippen molar-refractivity contribution >= 4 is 24.5 Å². The number of nitrogens with zero attached hydrogens (tertiary/aromatic N) is 2. The van der Waals surface area contributed by atoms with Gasteiger partial charge in [0.1, 0.15) is 0 Å². The first-order valence-corrected chi connectivity index (χ1v) is 16.6.